The van der Waals surface area contributed by atoms with Gasteiger partial charge in [-0.2, -0.15) is 0 Å². The molecule has 2 N–H and O–H groups in total. The minimum Gasteiger partial charge on any atom is -0.507 e. The van der Waals surface area contributed by atoms with Gasteiger partial charge in [0, 0.05) is 0 Å². The van der Waals surface area contributed by atoms with Crippen LogP contribution in [0.5, 0.6) is 5.75 Å². The Balaban J connectivity index is 3.18. The highest BCUT2D eigenvalue weighted by Crippen LogP contribution is 2.30. The van der Waals surface area contributed by atoms with Gasteiger partial charge in [0.15, 0.2) is 0 Å². The lowest BCUT2D eigenvalue weighted by Crippen LogP contribution is -2.15. The molecule has 0 saturated carbocycles. The van der Waals surface area contributed by atoms with Crippen LogP contribution in [0.25, 0.3) is 0 Å². The van der Waals surface area contributed by atoms with Crippen LogP contribution in [-0.2, 0) is 10.2 Å². The van der Waals surface area contributed by atoms with E-state index in [1.54, 1.807) is 13.0 Å². The van der Waals surface area contributed by atoms with E-state index >= 15 is 0 Å². The molecule has 0 aliphatic rings. The minimum absolute atomic E-state index is 0.0639. The number of phenolic OH excluding ortho intramolecular Hbond substituents is 1. The van der Waals surface area contributed by atoms with Crippen LogP contribution in [0.3, 0.4) is 0 Å². The lowest BCUT2D eigenvalue weighted by atomic mass is 9.85. The van der Waals surface area contributed by atoms with Crippen molar-refractivity contribution in [3.05, 3.63) is 28.8 Å². The minimum atomic E-state index is -0.615. The summed E-state index contributed by atoms with van der Waals surface area (Å²) in [5.41, 5.74) is 1.62. The van der Waals surface area contributed by atoms with Crippen LogP contribution in [0, 0.1) is 6.92 Å². The van der Waals surface area contributed by atoms with E-state index in [-0.39, 0.29) is 29.9 Å². The highest BCUT2D eigenvalue weighted by atomic mass is 16.5. The molecule has 0 atom stereocenters. The Morgan fingerprint density at radius 3 is 2.44 bits per heavy atom. The van der Waals surface area contributed by atoms with Gasteiger partial charge in [0.25, 0.3) is 0 Å². The Morgan fingerprint density at radius 1 is 1.33 bits per heavy atom. The summed E-state index contributed by atoms with van der Waals surface area (Å²) in [6, 6.07) is 3.50. The van der Waals surface area contributed by atoms with Gasteiger partial charge < -0.3 is 14.9 Å². The third-order valence-corrected chi connectivity index (χ3v) is 2.71. The number of carbonyl (C=O) groups excluding carboxylic acids is 1. The van der Waals surface area contributed by atoms with E-state index in [0.29, 0.717) is 5.56 Å². The lowest BCUT2D eigenvalue weighted by molar-refractivity contribution is 0.0430. The van der Waals surface area contributed by atoms with Crippen molar-refractivity contribution < 1.29 is 19.7 Å². The van der Waals surface area contributed by atoms with Crippen LogP contribution in [-0.4, -0.2) is 29.4 Å². The smallest absolute Gasteiger partial charge is 0.342 e. The summed E-state index contributed by atoms with van der Waals surface area (Å²) in [6.07, 6.45) is 0. The molecule has 1 aromatic rings. The van der Waals surface area contributed by atoms with Crippen molar-refractivity contribution in [3.8, 4) is 5.75 Å². The van der Waals surface area contributed by atoms with Gasteiger partial charge in [0.1, 0.15) is 17.9 Å². The van der Waals surface area contributed by atoms with E-state index in [9.17, 15) is 9.90 Å². The Labute approximate surface area is 107 Å². The summed E-state index contributed by atoms with van der Waals surface area (Å²) in [5, 5.41) is 18.5. The highest BCUT2D eigenvalue weighted by molar-refractivity contribution is 5.93. The van der Waals surface area contributed by atoms with Crippen molar-refractivity contribution in [3.63, 3.8) is 0 Å². The number of esters is 1. The third-order valence-electron chi connectivity index (χ3n) is 2.71. The number of aromatic hydroxyl groups is 1. The average Bonchev–Trinajstić information content (AvgIpc) is 2.27. The molecule has 4 nitrogen and oxygen atoms in total. The third kappa shape index (κ3) is 3.23. The van der Waals surface area contributed by atoms with E-state index in [1.165, 1.54) is 0 Å². The molecule has 0 aliphatic carbocycles. The molecule has 1 aromatic carbocycles. The summed E-state index contributed by atoms with van der Waals surface area (Å²) < 4.78 is 4.83. The van der Waals surface area contributed by atoms with Crippen LogP contribution in [0.2, 0.25) is 0 Å². The molecule has 0 aromatic heterocycles. The number of aryl methyl sites for hydroxylation is 1. The SMILES string of the molecule is Cc1cc(C(C)(C)C)cc(C(=O)OCCO)c1O. The van der Waals surface area contributed by atoms with Crippen LogP contribution >= 0.6 is 0 Å². The quantitative estimate of drug-likeness (QED) is 0.809. The molecule has 0 aliphatic heterocycles. The zero-order valence-electron chi connectivity index (χ0n) is 11.3. The fourth-order valence-corrected chi connectivity index (χ4v) is 1.58. The van der Waals surface area contributed by atoms with Gasteiger partial charge in [0.2, 0.25) is 0 Å². The molecule has 0 radical (unpaired) electrons. The molecular formula is C14H20O4. The first-order valence-electron chi connectivity index (χ1n) is 5.89. The summed E-state index contributed by atoms with van der Waals surface area (Å²) in [5.74, 6) is -0.679. The maximum Gasteiger partial charge on any atom is 0.342 e. The van der Waals surface area contributed by atoms with Gasteiger partial charge in [-0.1, -0.05) is 26.8 Å². The summed E-state index contributed by atoms with van der Waals surface area (Å²) in [6.45, 7) is 7.53. The zero-order chi connectivity index (χ0) is 13.9. The van der Waals surface area contributed by atoms with E-state index in [4.69, 9.17) is 9.84 Å². The fourth-order valence-electron chi connectivity index (χ4n) is 1.58. The fraction of sp³-hybridized carbons (Fsp3) is 0.500. The Morgan fingerprint density at radius 2 is 1.94 bits per heavy atom. The van der Waals surface area contributed by atoms with Crippen molar-refractivity contribution >= 4 is 5.97 Å². The Kier molecular flexibility index (Phi) is 4.35. The predicted octanol–water partition coefficient (Wildman–Crippen LogP) is 2.15. The van der Waals surface area contributed by atoms with Gasteiger partial charge >= 0.3 is 5.97 Å². The summed E-state index contributed by atoms with van der Waals surface area (Å²) >= 11 is 0. The van der Waals surface area contributed by atoms with Gasteiger partial charge in [0.05, 0.1) is 6.61 Å². The number of rotatable bonds is 3. The molecule has 100 valence electrons. The van der Waals surface area contributed by atoms with Gasteiger partial charge in [-0.3, -0.25) is 0 Å². The molecule has 4 heteroatoms. The zero-order valence-corrected chi connectivity index (χ0v) is 11.3. The molecule has 0 saturated heterocycles. The Bertz CT molecular complexity index is 444. The van der Waals surface area contributed by atoms with Gasteiger partial charge in [-0.15, -0.1) is 0 Å². The predicted molar refractivity (Wildman–Crippen MR) is 68.9 cm³/mol. The lowest BCUT2D eigenvalue weighted by Gasteiger charge is -2.21. The number of phenols is 1. The highest BCUT2D eigenvalue weighted by Gasteiger charge is 2.21. The maximum atomic E-state index is 11.8. The second-order valence-corrected chi connectivity index (χ2v) is 5.30. The standard InChI is InChI=1S/C14H20O4/c1-9-7-10(14(2,3)4)8-11(12(9)16)13(17)18-6-5-15/h7-8,15-16H,5-6H2,1-4H3. The van der Waals surface area contributed by atoms with Crippen molar-refractivity contribution in [1.29, 1.82) is 0 Å². The van der Waals surface area contributed by atoms with E-state index < -0.39 is 5.97 Å². The van der Waals surface area contributed by atoms with Crippen molar-refractivity contribution in [2.45, 2.75) is 33.1 Å². The largest absolute Gasteiger partial charge is 0.507 e. The molecular weight excluding hydrogens is 232 g/mol. The molecule has 0 unspecified atom stereocenters. The van der Waals surface area contributed by atoms with Crippen LogP contribution in [0.4, 0.5) is 0 Å². The van der Waals surface area contributed by atoms with Gasteiger partial charge in [-0.05, 0) is 29.5 Å². The van der Waals surface area contributed by atoms with Crippen molar-refractivity contribution in [1.82, 2.24) is 0 Å². The first kappa shape index (κ1) is 14.5. The number of benzene rings is 1. The number of hydrogen-bond acceptors (Lipinski definition) is 4. The molecule has 0 bridgehead atoms. The molecule has 0 spiro atoms. The molecule has 0 heterocycles. The number of aliphatic hydroxyl groups excluding tert-OH is 1. The second kappa shape index (κ2) is 5.40. The monoisotopic (exact) mass is 252 g/mol. The molecule has 18 heavy (non-hydrogen) atoms. The topological polar surface area (TPSA) is 66.8 Å². The summed E-state index contributed by atoms with van der Waals surface area (Å²) in [4.78, 5) is 11.8. The number of hydrogen-bond donors (Lipinski definition) is 2. The number of aliphatic hydroxyl groups is 1. The van der Waals surface area contributed by atoms with Crippen LogP contribution in [0.1, 0.15) is 42.3 Å². The van der Waals surface area contributed by atoms with Crippen LogP contribution < -0.4 is 0 Å². The molecule has 1 rings (SSSR count). The molecule has 0 amide bonds. The van der Waals surface area contributed by atoms with E-state index in [2.05, 4.69) is 0 Å². The second-order valence-electron chi connectivity index (χ2n) is 5.30. The normalized spacial score (nSPS) is 11.4. The first-order valence-corrected chi connectivity index (χ1v) is 5.89. The molecule has 0 fully saturated rings. The van der Waals surface area contributed by atoms with Crippen molar-refractivity contribution in [2.75, 3.05) is 13.2 Å². The maximum absolute atomic E-state index is 11.8. The summed E-state index contributed by atoms with van der Waals surface area (Å²) in [7, 11) is 0. The van der Waals surface area contributed by atoms with Crippen molar-refractivity contribution in [2.24, 2.45) is 0 Å². The first-order chi connectivity index (χ1) is 8.27. The number of ether oxygens (including phenoxy) is 1. The van der Waals surface area contributed by atoms with Crippen LogP contribution in [0.15, 0.2) is 12.1 Å². The Hall–Kier alpha value is -1.55. The number of carbonyl (C=O) groups is 1. The average molecular weight is 252 g/mol. The van der Waals surface area contributed by atoms with E-state index in [1.807, 2.05) is 26.8 Å². The van der Waals surface area contributed by atoms with E-state index in [0.717, 1.165) is 5.56 Å². The van der Waals surface area contributed by atoms with Gasteiger partial charge in [-0.25, -0.2) is 4.79 Å².